The zero-order valence-electron chi connectivity index (χ0n) is 11.2. The molecule has 2 aromatic rings. The minimum Gasteiger partial charge on any atom is -0.369 e. The molecule has 6 nitrogen and oxygen atoms in total. The number of aryl methyl sites for hydroxylation is 1. The molecule has 0 radical (unpaired) electrons. The van der Waals surface area contributed by atoms with E-state index < -0.39 is 0 Å². The summed E-state index contributed by atoms with van der Waals surface area (Å²) in [5.41, 5.74) is 0. The molecule has 2 aromatic heterocycles. The molecule has 20 heavy (non-hydrogen) atoms. The number of aromatic nitrogens is 3. The van der Waals surface area contributed by atoms with E-state index in [-0.39, 0.29) is 0 Å². The number of rotatable bonds is 6. The maximum Gasteiger partial charge on any atom is 0.223 e. The number of hydrogen-bond donors (Lipinski definition) is 2. The third-order valence-electron chi connectivity index (χ3n) is 2.48. The first kappa shape index (κ1) is 14.9. The Bertz CT molecular complexity index is 587. The van der Waals surface area contributed by atoms with Crippen molar-refractivity contribution in [2.45, 2.75) is 20.3 Å². The Morgan fingerprint density at radius 2 is 1.85 bits per heavy atom. The topological polar surface area (TPSA) is 75.9 Å². The molecule has 0 unspecified atom stereocenters. The van der Waals surface area contributed by atoms with Crippen LogP contribution in [0, 0.1) is 6.92 Å². The van der Waals surface area contributed by atoms with Crippen molar-refractivity contribution in [2.75, 3.05) is 23.7 Å². The van der Waals surface area contributed by atoms with E-state index in [1.54, 1.807) is 13.0 Å². The molecule has 0 spiro atoms. The molecule has 0 fully saturated rings. The summed E-state index contributed by atoms with van der Waals surface area (Å²) in [6, 6.07) is 1.66. The van der Waals surface area contributed by atoms with E-state index in [4.69, 9.17) is 27.7 Å². The fraction of sp³-hybridized carbons (Fsp3) is 0.417. The first-order valence-electron chi connectivity index (χ1n) is 6.23. The quantitative estimate of drug-likeness (QED) is 0.852. The minimum absolute atomic E-state index is 0.473. The Morgan fingerprint density at radius 1 is 1.15 bits per heavy atom. The summed E-state index contributed by atoms with van der Waals surface area (Å²) in [5.74, 6) is 2.38. The van der Waals surface area contributed by atoms with Crippen molar-refractivity contribution in [1.82, 2.24) is 15.1 Å². The lowest BCUT2D eigenvalue weighted by atomic mass is 10.3. The van der Waals surface area contributed by atoms with Crippen LogP contribution in [0.25, 0.3) is 0 Å². The summed E-state index contributed by atoms with van der Waals surface area (Å²) in [5, 5.41) is 11.0. The fourth-order valence-corrected chi connectivity index (χ4v) is 2.11. The summed E-state index contributed by atoms with van der Waals surface area (Å²) in [7, 11) is 0. The Kier molecular flexibility index (Phi) is 5.03. The Labute approximate surface area is 126 Å². The van der Waals surface area contributed by atoms with E-state index in [9.17, 15) is 0 Å². The van der Waals surface area contributed by atoms with Gasteiger partial charge >= 0.3 is 0 Å². The van der Waals surface area contributed by atoms with Gasteiger partial charge in [-0.05, 0) is 13.0 Å². The monoisotopic (exact) mass is 315 g/mol. The number of nitrogens with one attached hydrogen (secondary N) is 2. The second-order valence-corrected chi connectivity index (χ2v) is 4.90. The Balaban J connectivity index is 1.99. The van der Waals surface area contributed by atoms with E-state index in [1.165, 1.54) is 0 Å². The van der Waals surface area contributed by atoms with Crippen LogP contribution in [0.2, 0.25) is 10.0 Å². The number of halogens is 2. The van der Waals surface area contributed by atoms with Crippen LogP contribution in [0.3, 0.4) is 0 Å². The highest BCUT2D eigenvalue weighted by atomic mass is 35.5. The molecule has 0 amide bonds. The van der Waals surface area contributed by atoms with Crippen LogP contribution in [-0.4, -0.2) is 28.2 Å². The SMILES string of the molecule is CCNc1nc(NCCc2noc(C)n2)c(Cl)cc1Cl. The van der Waals surface area contributed by atoms with Crippen molar-refractivity contribution in [3.63, 3.8) is 0 Å². The highest BCUT2D eigenvalue weighted by molar-refractivity contribution is 6.37. The number of pyridine rings is 1. The third kappa shape index (κ3) is 3.74. The van der Waals surface area contributed by atoms with Gasteiger partial charge in [0.25, 0.3) is 0 Å². The first-order valence-corrected chi connectivity index (χ1v) is 6.98. The van der Waals surface area contributed by atoms with Crippen LogP contribution in [0.5, 0.6) is 0 Å². The smallest absolute Gasteiger partial charge is 0.223 e. The van der Waals surface area contributed by atoms with Gasteiger partial charge in [-0.2, -0.15) is 4.98 Å². The van der Waals surface area contributed by atoms with Gasteiger partial charge in [0.05, 0.1) is 10.0 Å². The number of anilines is 2. The predicted molar refractivity (Wildman–Crippen MR) is 79.6 cm³/mol. The van der Waals surface area contributed by atoms with E-state index in [1.807, 2.05) is 6.92 Å². The second kappa shape index (κ2) is 6.76. The normalized spacial score (nSPS) is 10.6. The molecule has 0 aliphatic heterocycles. The Morgan fingerprint density at radius 3 is 2.45 bits per heavy atom. The largest absolute Gasteiger partial charge is 0.369 e. The fourth-order valence-electron chi connectivity index (χ4n) is 1.62. The van der Waals surface area contributed by atoms with E-state index in [0.717, 1.165) is 6.54 Å². The summed E-state index contributed by atoms with van der Waals surface area (Å²) in [6.07, 6.45) is 0.620. The molecule has 8 heteroatoms. The van der Waals surface area contributed by atoms with Crippen molar-refractivity contribution >= 4 is 34.8 Å². The highest BCUT2D eigenvalue weighted by Gasteiger charge is 2.09. The maximum absolute atomic E-state index is 6.10. The van der Waals surface area contributed by atoms with E-state index in [0.29, 0.717) is 46.4 Å². The molecule has 0 saturated carbocycles. The molecule has 0 atom stereocenters. The molecule has 0 aliphatic carbocycles. The molecule has 0 aromatic carbocycles. The van der Waals surface area contributed by atoms with Gasteiger partial charge in [0.1, 0.15) is 11.6 Å². The maximum atomic E-state index is 6.10. The van der Waals surface area contributed by atoms with Gasteiger partial charge in [-0.1, -0.05) is 28.4 Å². The molecule has 2 N–H and O–H groups in total. The highest BCUT2D eigenvalue weighted by Crippen LogP contribution is 2.28. The summed E-state index contributed by atoms with van der Waals surface area (Å²) < 4.78 is 4.90. The van der Waals surface area contributed by atoms with Crippen LogP contribution in [-0.2, 0) is 6.42 Å². The van der Waals surface area contributed by atoms with Gasteiger partial charge in [0.15, 0.2) is 5.82 Å². The van der Waals surface area contributed by atoms with Gasteiger partial charge in [-0.25, -0.2) is 4.98 Å². The van der Waals surface area contributed by atoms with Crippen LogP contribution < -0.4 is 10.6 Å². The van der Waals surface area contributed by atoms with Crippen LogP contribution in [0.15, 0.2) is 10.6 Å². The van der Waals surface area contributed by atoms with Crippen LogP contribution in [0.1, 0.15) is 18.6 Å². The van der Waals surface area contributed by atoms with Gasteiger partial charge in [-0.3, -0.25) is 0 Å². The number of nitrogens with zero attached hydrogens (tertiary/aromatic N) is 3. The molecule has 2 heterocycles. The molecule has 0 bridgehead atoms. The molecule has 108 valence electrons. The third-order valence-corrected chi connectivity index (χ3v) is 3.06. The van der Waals surface area contributed by atoms with Crippen molar-refractivity contribution < 1.29 is 4.52 Å². The predicted octanol–water partition coefficient (Wildman–Crippen LogP) is 3.17. The molecule has 0 aliphatic rings. The molecular weight excluding hydrogens is 301 g/mol. The summed E-state index contributed by atoms with van der Waals surface area (Å²) >= 11 is 12.1. The lowest BCUT2D eigenvalue weighted by Crippen LogP contribution is -2.09. The summed E-state index contributed by atoms with van der Waals surface area (Å²) in [6.45, 7) is 5.05. The summed E-state index contributed by atoms with van der Waals surface area (Å²) in [4.78, 5) is 8.47. The average molecular weight is 316 g/mol. The van der Waals surface area contributed by atoms with Crippen molar-refractivity contribution in [3.8, 4) is 0 Å². The van der Waals surface area contributed by atoms with Crippen LogP contribution in [0.4, 0.5) is 11.6 Å². The minimum atomic E-state index is 0.473. The second-order valence-electron chi connectivity index (χ2n) is 4.09. The first-order chi connectivity index (χ1) is 9.60. The lowest BCUT2D eigenvalue weighted by molar-refractivity contribution is 0.387. The van der Waals surface area contributed by atoms with Crippen molar-refractivity contribution in [1.29, 1.82) is 0 Å². The lowest BCUT2D eigenvalue weighted by Gasteiger charge is -2.11. The van der Waals surface area contributed by atoms with Crippen LogP contribution >= 0.6 is 23.2 Å². The molecule has 2 rings (SSSR count). The van der Waals surface area contributed by atoms with Crippen molar-refractivity contribution in [3.05, 3.63) is 27.8 Å². The Hall–Kier alpha value is -1.53. The van der Waals surface area contributed by atoms with Gasteiger partial charge in [-0.15, -0.1) is 0 Å². The zero-order chi connectivity index (χ0) is 14.5. The van der Waals surface area contributed by atoms with Gasteiger partial charge < -0.3 is 15.2 Å². The van der Waals surface area contributed by atoms with E-state index in [2.05, 4.69) is 25.8 Å². The van der Waals surface area contributed by atoms with Gasteiger partial charge in [0, 0.05) is 26.4 Å². The number of hydrogen-bond acceptors (Lipinski definition) is 6. The zero-order valence-corrected chi connectivity index (χ0v) is 12.7. The molecular formula is C12H15Cl2N5O. The van der Waals surface area contributed by atoms with Gasteiger partial charge in [0.2, 0.25) is 5.89 Å². The molecule has 0 saturated heterocycles. The standard InChI is InChI=1S/C12H15Cl2N5O/c1-3-15-11-8(13)6-9(14)12(18-11)16-5-4-10-17-7(2)20-19-10/h6H,3-5H2,1-2H3,(H2,15,16,18). The average Bonchev–Trinajstić information content (AvgIpc) is 2.81. The van der Waals surface area contributed by atoms with Crippen molar-refractivity contribution in [2.24, 2.45) is 0 Å². The van der Waals surface area contributed by atoms with E-state index >= 15 is 0 Å².